The van der Waals surface area contributed by atoms with Gasteiger partial charge in [-0.3, -0.25) is 0 Å². The lowest BCUT2D eigenvalue weighted by Crippen LogP contribution is -2.15. The number of hydrogen-bond acceptors (Lipinski definition) is 2. The van der Waals surface area contributed by atoms with Crippen LogP contribution in [0.5, 0.6) is 0 Å². The van der Waals surface area contributed by atoms with E-state index < -0.39 is 0 Å². The average molecular weight is 286 g/mol. The molecule has 1 N–H and O–H groups in total. The first-order valence-electron chi connectivity index (χ1n) is 6.60. The number of thiophene rings is 1. The average Bonchev–Trinajstić information content (AvgIpc) is 3.01. The number of benzene rings is 1. The summed E-state index contributed by atoms with van der Waals surface area (Å²) in [4.78, 5) is 4.86. The van der Waals surface area contributed by atoms with Gasteiger partial charge in [-0.25, -0.2) is 0 Å². The van der Waals surface area contributed by atoms with Crippen molar-refractivity contribution >= 4 is 34.6 Å². The van der Waals surface area contributed by atoms with Gasteiger partial charge in [0.2, 0.25) is 0 Å². The monoisotopic (exact) mass is 286 g/mol. The Bertz CT molecular complexity index is 794. The molecule has 4 rings (SSSR count). The van der Waals surface area contributed by atoms with Gasteiger partial charge in [0.15, 0.2) is 4.77 Å². The van der Waals surface area contributed by atoms with Crippen LogP contribution in [0.4, 0.5) is 0 Å². The maximum absolute atomic E-state index is 5.55. The molecule has 0 bridgehead atoms. The van der Waals surface area contributed by atoms with Crippen LogP contribution < -0.4 is 0 Å². The second kappa shape index (κ2) is 4.32. The molecule has 0 radical (unpaired) electrons. The van der Waals surface area contributed by atoms with Crippen molar-refractivity contribution in [3.05, 3.63) is 50.9 Å². The minimum Gasteiger partial charge on any atom is -0.331 e. The number of imidazole rings is 1. The van der Waals surface area contributed by atoms with Gasteiger partial charge in [0.25, 0.3) is 0 Å². The molecule has 1 atom stereocenters. The highest BCUT2D eigenvalue weighted by molar-refractivity contribution is 7.71. The van der Waals surface area contributed by atoms with E-state index in [0.717, 1.165) is 10.3 Å². The molecular weight excluding hydrogens is 272 g/mol. The Labute approximate surface area is 120 Å². The maximum Gasteiger partial charge on any atom is 0.178 e. The lowest BCUT2D eigenvalue weighted by molar-refractivity contribution is 0.500. The third-order valence-corrected chi connectivity index (χ3v) is 5.25. The van der Waals surface area contributed by atoms with E-state index >= 15 is 0 Å². The van der Waals surface area contributed by atoms with E-state index in [2.05, 4.69) is 45.3 Å². The first-order chi connectivity index (χ1) is 9.34. The molecule has 1 aromatic carbocycles. The van der Waals surface area contributed by atoms with Gasteiger partial charge in [-0.05, 0) is 60.6 Å². The van der Waals surface area contributed by atoms with Crippen LogP contribution >= 0.6 is 23.6 Å². The summed E-state index contributed by atoms with van der Waals surface area (Å²) in [6.45, 7) is 0. The van der Waals surface area contributed by atoms with Crippen molar-refractivity contribution in [2.45, 2.75) is 25.3 Å². The van der Waals surface area contributed by atoms with Gasteiger partial charge < -0.3 is 9.55 Å². The molecule has 4 heteroatoms. The number of fused-ring (bicyclic) bond motifs is 2. The van der Waals surface area contributed by atoms with E-state index in [1.54, 1.807) is 0 Å². The van der Waals surface area contributed by atoms with Gasteiger partial charge in [0.1, 0.15) is 0 Å². The van der Waals surface area contributed by atoms with Crippen molar-refractivity contribution in [3.63, 3.8) is 0 Å². The Morgan fingerprint density at radius 2 is 2.16 bits per heavy atom. The molecule has 0 saturated carbocycles. The summed E-state index contributed by atoms with van der Waals surface area (Å²) in [6, 6.07) is 11.1. The van der Waals surface area contributed by atoms with Crippen molar-refractivity contribution in [2.24, 2.45) is 0 Å². The van der Waals surface area contributed by atoms with Crippen LogP contribution in [0, 0.1) is 4.77 Å². The summed E-state index contributed by atoms with van der Waals surface area (Å²) in [5.74, 6) is 0. The van der Waals surface area contributed by atoms with Crippen molar-refractivity contribution in [2.75, 3.05) is 0 Å². The quantitative estimate of drug-likeness (QED) is 0.644. The number of rotatable bonds is 1. The molecule has 96 valence electrons. The molecule has 1 unspecified atom stereocenters. The smallest absolute Gasteiger partial charge is 0.178 e. The van der Waals surface area contributed by atoms with Crippen molar-refractivity contribution in [3.8, 4) is 0 Å². The normalized spacial score (nSPS) is 18.6. The number of para-hydroxylation sites is 2. The summed E-state index contributed by atoms with van der Waals surface area (Å²) >= 11 is 7.43. The standard InChI is InChI=1S/C15H14N2S2/c18-15-16-11-4-1-2-5-13(11)17(15)12-6-3-7-14-10(12)8-9-19-14/h1-2,4-5,8-9,12H,3,6-7H2,(H,16,18). The van der Waals surface area contributed by atoms with Gasteiger partial charge >= 0.3 is 0 Å². The lowest BCUT2D eigenvalue weighted by atomic mass is 9.94. The Hall–Kier alpha value is -1.39. The van der Waals surface area contributed by atoms with Crippen LogP contribution in [0.1, 0.15) is 29.3 Å². The number of H-pyrrole nitrogens is 1. The summed E-state index contributed by atoms with van der Waals surface area (Å²) in [6.07, 6.45) is 3.65. The molecule has 2 heterocycles. The van der Waals surface area contributed by atoms with E-state index in [1.807, 2.05) is 11.3 Å². The second-order valence-electron chi connectivity index (χ2n) is 5.02. The molecule has 1 aliphatic rings. The minimum atomic E-state index is 0.402. The predicted octanol–water partition coefficient (Wildman–Crippen LogP) is 4.69. The van der Waals surface area contributed by atoms with Crippen LogP contribution in [0.25, 0.3) is 11.0 Å². The number of nitrogens with one attached hydrogen (secondary N) is 1. The van der Waals surface area contributed by atoms with Crippen LogP contribution in [-0.2, 0) is 6.42 Å². The van der Waals surface area contributed by atoms with E-state index in [9.17, 15) is 0 Å². The number of nitrogens with zero attached hydrogens (tertiary/aromatic N) is 1. The Morgan fingerprint density at radius 3 is 3.11 bits per heavy atom. The van der Waals surface area contributed by atoms with Gasteiger partial charge in [-0.2, -0.15) is 0 Å². The molecule has 0 aliphatic heterocycles. The van der Waals surface area contributed by atoms with Crippen LogP contribution in [0.3, 0.4) is 0 Å². The molecule has 0 amide bonds. The van der Waals surface area contributed by atoms with E-state index in [4.69, 9.17) is 12.2 Å². The van der Waals surface area contributed by atoms with E-state index in [0.29, 0.717) is 6.04 Å². The first kappa shape index (κ1) is 11.4. The highest BCUT2D eigenvalue weighted by atomic mass is 32.1. The maximum atomic E-state index is 5.55. The largest absolute Gasteiger partial charge is 0.331 e. The fourth-order valence-corrected chi connectivity index (χ4v) is 4.43. The minimum absolute atomic E-state index is 0.402. The fourth-order valence-electron chi connectivity index (χ4n) is 3.11. The molecule has 3 aromatic rings. The second-order valence-corrected chi connectivity index (χ2v) is 6.41. The molecule has 2 aromatic heterocycles. The zero-order valence-electron chi connectivity index (χ0n) is 10.4. The lowest BCUT2D eigenvalue weighted by Gasteiger charge is -2.24. The first-order valence-corrected chi connectivity index (χ1v) is 7.89. The Morgan fingerprint density at radius 1 is 1.26 bits per heavy atom. The van der Waals surface area contributed by atoms with Crippen LogP contribution in [0.2, 0.25) is 0 Å². The summed E-state index contributed by atoms with van der Waals surface area (Å²) < 4.78 is 3.14. The summed E-state index contributed by atoms with van der Waals surface area (Å²) in [7, 11) is 0. The van der Waals surface area contributed by atoms with Crippen molar-refractivity contribution < 1.29 is 0 Å². The van der Waals surface area contributed by atoms with Gasteiger partial charge in [0, 0.05) is 4.88 Å². The zero-order valence-corrected chi connectivity index (χ0v) is 12.1. The highest BCUT2D eigenvalue weighted by Gasteiger charge is 2.24. The molecule has 2 nitrogen and oxygen atoms in total. The van der Waals surface area contributed by atoms with E-state index in [-0.39, 0.29) is 0 Å². The number of hydrogen-bond donors (Lipinski definition) is 1. The third kappa shape index (κ3) is 1.70. The zero-order chi connectivity index (χ0) is 12.8. The fraction of sp³-hybridized carbons (Fsp3) is 0.267. The van der Waals surface area contributed by atoms with Crippen LogP contribution in [0.15, 0.2) is 35.7 Å². The van der Waals surface area contributed by atoms with Gasteiger partial charge in [-0.1, -0.05) is 12.1 Å². The van der Waals surface area contributed by atoms with Gasteiger partial charge in [0.05, 0.1) is 17.1 Å². The van der Waals surface area contributed by atoms with E-state index in [1.165, 1.54) is 35.2 Å². The number of aryl methyl sites for hydroxylation is 1. The predicted molar refractivity (Wildman–Crippen MR) is 82.5 cm³/mol. The van der Waals surface area contributed by atoms with Crippen molar-refractivity contribution in [1.82, 2.24) is 9.55 Å². The molecular formula is C15H14N2S2. The van der Waals surface area contributed by atoms with Crippen molar-refractivity contribution in [1.29, 1.82) is 0 Å². The van der Waals surface area contributed by atoms with Gasteiger partial charge in [-0.15, -0.1) is 11.3 Å². The molecule has 0 spiro atoms. The highest BCUT2D eigenvalue weighted by Crippen LogP contribution is 2.37. The topological polar surface area (TPSA) is 20.7 Å². The SMILES string of the molecule is S=c1[nH]c2ccccc2n1C1CCCc2sccc21. The third-order valence-electron chi connectivity index (χ3n) is 3.96. The Balaban J connectivity index is 1.98. The number of aromatic amines is 1. The molecule has 19 heavy (non-hydrogen) atoms. The summed E-state index contributed by atoms with van der Waals surface area (Å²) in [5, 5.41) is 2.21. The molecule has 0 fully saturated rings. The summed E-state index contributed by atoms with van der Waals surface area (Å²) in [5.41, 5.74) is 3.82. The number of aromatic nitrogens is 2. The molecule has 0 saturated heterocycles. The molecule has 1 aliphatic carbocycles. The van der Waals surface area contributed by atoms with Crippen LogP contribution in [-0.4, -0.2) is 9.55 Å². The Kier molecular flexibility index (Phi) is 2.60.